The number of aliphatic hydroxyl groups excluding tert-OH is 1. The molecule has 0 saturated heterocycles. The van der Waals surface area contributed by atoms with Crippen LogP contribution in [-0.2, 0) is 13.6 Å². The van der Waals surface area contributed by atoms with E-state index in [0.29, 0.717) is 5.75 Å². The molecule has 0 aliphatic heterocycles. The van der Waals surface area contributed by atoms with Crippen LogP contribution >= 0.6 is 15.9 Å². The summed E-state index contributed by atoms with van der Waals surface area (Å²) in [5, 5.41) is 14.9. The Hall–Kier alpha value is -3.70. The molecule has 0 radical (unpaired) electrons. The molecule has 2 aromatic heterocycles. The quantitative estimate of drug-likeness (QED) is 0.239. The van der Waals surface area contributed by atoms with E-state index in [1.165, 1.54) is 16.2 Å². The molecule has 0 unspecified atom stereocenters. The van der Waals surface area contributed by atoms with E-state index in [1.807, 2.05) is 55.5 Å². The highest BCUT2D eigenvalue weighted by atomic mass is 79.9. The maximum absolute atomic E-state index is 12.6. The Morgan fingerprint density at radius 3 is 2.71 bits per heavy atom. The number of halogens is 1. The van der Waals surface area contributed by atoms with Gasteiger partial charge in [0.05, 0.1) is 12.8 Å². The lowest BCUT2D eigenvalue weighted by Gasteiger charge is -2.16. The number of ether oxygens (including phenoxy) is 1. The second kappa shape index (κ2) is 10.1. The van der Waals surface area contributed by atoms with Crippen molar-refractivity contribution in [3.63, 3.8) is 0 Å². The van der Waals surface area contributed by atoms with Crippen molar-refractivity contribution in [2.45, 2.75) is 19.6 Å². The van der Waals surface area contributed by atoms with Crippen molar-refractivity contribution in [1.29, 1.82) is 0 Å². The van der Waals surface area contributed by atoms with Crippen molar-refractivity contribution in [2.75, 3.05) is 12.0 Å². The number of aliphatic hydroxyl groups is 1. The number of hydrogen-bond acceptors (Lipinski definition) is 7. The van der Waals surface area contributed by atoms with E-state index in [2.05, 4.69) is 36.4 Å². The third-order valence-electron chi connectivity index (χ3n) is 5.17. The standard InChI is InChI=1S/C23H23BrN6O4/c1-14-5-3-4-6-18(14)34-13-17(31)12-30-19-20(29(2)23(33)27-21(19)32)26-22(30)28-25-11-15-7-9-16(24)10-8-15/h3-11,17,31H,12-13H2,1-2H3,(H,26,28)(H,27,32,33)/b25-11-/t17-/m0/s1. The zero-order valence-electron chi connectivity index (χ0n) is 18.5. The van der Waals surface area contributed by atoms with E-state index in [1.54, 1.807) is 6.21 Å². The molecule has 0 aliphatic rings. The summed E-state index contributed by atoms with van der Waals surface area (Å²) in [5.74, 6) is 0.861. The van der Waals surface area contributed by atoms with Gasteiger partial charge in [-0.2, -0.15) is 10.1 Å². The second-order valence-electron chi connectivity index (χ2n) is 7.69. The number of H-pyrrole nitrogens is 1. The molecule has 0 spiro atoms. The number of hydrazone groups is 1. The lowest BCUT2D eigenvalue weighted by molar-refractivity contribution is 0.0935. The number of imidazole rings is 1. The van der Waals surface area contributed by atoms with Crippen LogP contribution < -0.4 is 21.4 Å². The van der Waals surface area contributed by atoms with Crippen molar-refractivity contribution in [1.82, 2.24) is 19.1 Å². The summed E-state index contributed by atoms with van der Waals surface area (Å²) in [6.45, 7) is 1.90. The zero-order valence-corrected chi connectivity index (χ0v) is 20.1. The minimum Gasteiger partial charge on any atom is -0.491 e. The van der Waals surface area contributed by atoms with Crippen molar-refractivity contribution in [3.8, 4) is 5.75 Å². The Morgan fingerprint density at radius 2 is 1.97 bits per heavy atom. The predicted molar refractivity (Wildman–Crippen MR) is 134 cm³/mol. The van der Waals surface area contributed by atoms with Crippen LogP contribution in [-0.4, -0.2) is 43.1 Å². The molecule has 34 heavy (non-hydrogen) atoms. The van der Waals surface area contributed by atoms with Crippen molar-refractivity contribution in [2.24, 2.45) is 12.1 Å². The molecule has 0 bridgehead atoms. The van der Waals surface area contributed by atoms with Crippen molar-refractivity contribution in [3.05, 3.63) is 85.0 Å². The summed E-state index contributed by atoms with van der Waals surface area (Å²) in [7, 11) is 1.50. The van der Waals surface area contributed by atoms with E-state index in [9.17, 15) is 14.7 Å². The van der Waals surface area contributed by atoms with Gasteiger partial charge in [-0.25, -0.2) is 10.2 Å². The minimum absolute atomic E-state index is 0.00417. The smallest absolute Gasteiger partial charge is 0.329 e. The van der Waals surface area contributed by atoms with Gasteiger partial charge in [0.2, 0.25) is 5.95 Å². The van der Waals surface area contributed by atoms with E-state index in [4.69, 9.17) is 4.74 Å². The number of nitrogens with one attached hydrogen (secondary N) is 2. The number of nitrogens with zero attached hydrogens (tertiary/aromatic N) is 4. The summed E-state index contributed by atoms with van der Waals surface area (Å²) in [6, 6.07) is 15.0. The molecular formula is C23H23BrN6O4. The van der Waals surface area contributed by atoms with Gasteiger partial charge in [-0.15, -0.1) is 0 Å². The minimum atomic E-state index is -0.968. The van der Waals surface area contributed by atoms with Crippen LogP contribution in [0, 0.1) is 6.92 Å². The Morgan fingerprint density at radius 1 is 1.24 bits per heavy atom. The summed E-state index contributed by atoms with van der Waals surface area (Å²) in [4.78, 5) is 31.3. The molecule has 0 saturated carbocycles. The molecule has 2 heterocycles. The van der Waals surface area contributed by atoms with E-state index < -0.39 is 17.4 Å². The Labute approximate surface area is 202 Å². The molecule has 0 fully saturated rings. The zero-order chi connectivity index (χ0) is 24.2. The molecule has 3 N–H and O–H groups in total. The van der Waals surface area contributed by atoms with E-state index in [-0.39, 0.29) is 30.3 Å². The van der Waals surface area contributed by atoms with Crippen LogP contribution in [0.25, 0.3) is 11.2 Å². The predicted octanol–water partition coefficient (Wildman–Crippen LogP) is 2.38. The highest BCUT2D eigenvalue weighted by molar-refractivity contribution is 9.10. The van der Waals surface area contributed by atoms with Gasteiger partial charge in [0.25, 0.3) is 5.56 Å². The van der Waals surface area contributed by atoms with Crippen molar-refractivity contribution >= 4 is 39.3 Å². The number of rotatable bonds is 8. The maximum Gasteiger partial charge on any atom is 0.329 e. The Bertz CT molecular complexity index is 1460. The number of aromatic amines is 1. The lowest BCUT2D eigenvalue weighted by Crippen LogP contribution is -2.30. The van der Waals surface area contributed by atoms with Gasteiger partial charge in [-0.3, -0.25) is 14.3 Å². The van der Waals surface area contributed by atoms with E-state index >= 15 is 0 Å². The molecule has 1 atom stereocenters. The monoisotopic (exact) mass is 526 g/mol. The fraction of sp³-hybridized carbons (Fsp3) is 0.217. The van der Waals surface area contributed by atoms with Crippen LogP contribution in [0.4, 0.5) is 5.95 Å². The normalized spacial score (nSPS) is 12.4. The summed E-state index contributed by atoms with van der Waals surface area (Å²) >= 11 is 3.39. The largest absolute Gasteiger partial charge is 0.491 e. The summed E-state index contributed by atoms with van der Waals surface area (Å²) in [5.41, 5.74) is 3.71. The molecule has 176 valence electrons. The first-order valence-corrected chi connectivity index (χ1v) is 11.2. The van der Waals surface area contributed by atoms with Crippen LogP contribution in [0.3, 0.4) is 0 Å². The van der Waals surface area contributed by atoms with Crippen LogP contribution in [0.1, 0.15) is 11.1 Å². The number of aryl methyl sites for hydroxylation is 2. The number of para-hydroxylation sites is 1. The first kappa shape index (κ1) is 23.5. The third-order valence-corrected chi connectivity index (χ3v) is 5.70. The number of fused-ring (bicyclic) bond motifs is 1. The summed E-state index contributed by atoms with van der Waals surface area (Å²) < 4.78 is 9.40. The fourth-order valence-electron chi connectivity index (χ4n) is 3.38. The topological polar surface area (TPSA) is 127 Å². The van der Waals surface area contributed by atoms with E-state index in [0.717, 1.165) is 15.6 Å². The third kappa shape index (κ3) is 5.10. The summed E-state index contributed by atoms with van der Waals surface area (Å²) in [6.07, 6.45) is 0.626. The van der Waals surface area contributed by atoms with Gasteiger partial charge in [0.15, 0.2) is 11.2 Å². The van der Waals surface area contributed by atoms with Crippen LogP contribution in [0.15, 0.2) is 67.7 Å². The maximum atomic E-state index is 12.6. The van der Waals surface area contributed by atoms with Gasteiger partial charge in [-0.05, 0) is 36.2 Å². The average Bonchev–Trinajstić information content (AvgIpc) is 3.17. The van der Waals surface area contributed by atoms with Gasteiger partial charge >= 0.3 is 5.69 Å². The van der Waals surface area contributed by atoms with Crippen LogP contribution in [0.5, 0.6) is 5.75 Å². The Kier molecular flexibility index (Phi) is 6.94. The fourth-order valence-corrected chi connectivity index (χ4v) is 3.64. The van der Waals surface area contributed by atoms with Gasteiger partial charge in [-0.1, -0.05) is 46.3 Å². The first-order chi connectivity index (χ1) is 16.3. The van der Waals surface area contributed by atoms with Crippen LogP contribution in [0.2, 0.25) is 0 Å². The number of anilines is 1. The number of aromatic nitrogens is 4. The number of benzene rings is 2. The SMILES string of the molecule is Cc1ccccc1OC[C@@H](O)Cn1c(N/N=C\c2ccc(Br)cc2)nc2c1c(=O)[nH]c(=O)n2C. The van der Waals surface area contributed by atoms with Gasteiger partial charge < -0.3 is 14.4 Å². The molecule has 4 rings (SSSR count). The number of hydrogen-bond donors (Lipinski definition) is 3. The first-order valence-electron chi connectivity index (χ1n) is 10.4. The average molecular weight is 527 g/mol. The molecular weight excluding hydrogens is 504 g/mol. The highest BCUT2D eigenvalue weighted by Gasteiger charge is 2.20. The molecule has 2 aromatic carbocycles. The molecule has 0 amide bonds. The van der Waals surface area contributed by atoms with Crippen molar-refractivity contribution < 1.29 is 9.84 Å². The molecule has 4 aromatic rings. The lowest BCUT2D eigenvalue weighted by atomic mass is 10.2. The van der Waals surface area contributed by atoms with Gasteiger partial charge in [0.1, 0.15) is 18.5 Å². The highest BCUT2D eigenvalue weighted by Crippen LogP contribution is 2.19. The second-order valence-corrected chi connectivity index (χ2v) is 8.60. The molecule has 11 heteroatoms. The molecule has 10 nitrogen and oxygen atoms in total. The molecule has 0 aliphatic carbocycles. The van der Waals surface area contributed by atoms with Gasteiger partial charge in [0, 0.05) is 11.5 Å². The Balaban J connectivity index is 1.62.